The van der Waals surface area contributed by atoms with Gasteiger partial charge in [0.1, 0.15) is 0 Å². The Labute approximate surface area is 163 Å². The maximum absolute atomic E-state index is 13.7. The van der Waals surface area contributed by atoms with Crippen LogP contribution >= 0.6 is 0 Å². The second-order valence-electron chi connectivity index (χ2n) is 10.0. The van der Waals surface area contributed by atoms with Gasteiger partial charge in [0.05, 0.1) is 0 Å². The second-order valence-corrected chi connectivity index (χ2v) is 19.5. The van der Waals surface area contributed by atoms with Crippen LogP contribution in [0.5, 0.6) is 0 Å². The average Bonchev–Trinajstić information content (AvgIpc) is 2.41. The van der Waals surface area contributed by atoms with Crippen LogP contribution < -0.4 is 0 Å². The van der Waals surface area contributed by atoms with E-state index in [1.807, 2.05) is 41.5 Å². The lowest BCUT2D eigenvalue weighted by Crippen LogP contribution is -2.66. The van der Waals surface area contributed by atoms with Crippen molar-refractivity contribution in [3.63, 3.8) is 0 Å². The molecule has 0 aromatic heterocycles. The smallest absolute Gasteiger partial charge is 0.330 e. The third kappa shape index (κ3) is 6.12. The minimum absolute atomic E-state index is 0.449. The van der Waals surface area contributed by atoms with E-state index in [9.17, 15) is 28.9 Å². The van der Waals surface area contributed by atoms with Crippen LogP contribution in [-0.2, 0) is 13.6 Å². The van der Waals surface area contributed by atoms with Crippen molar-refractivity contribution in [1.82, 2.24) is 0 Å². The number of carbonyl (C=O) groups excluding carboxylic acids is 1. The number of rotatable bonds is 8. The molecule has 3 N–H and O–H groups in total. The zero-order valence-corrected chi connectivity index (χ0v) is 20.1. The van der Waals surface area contributed by atoms with Crippen LogP contribution in [0.1, 0.15) is 41.5 Å². The lowest BCUT2D eigenvalue weighted by atomic mass is 10.1. The first-order valence-corrected chi connectivity index (χ1v) is 14.7. The van der Waals surface area contributed by atoms with Gasteiger partial charge in [-0.15, -0.1) is 0 Å². The van der Waals surface area contributed by atoms with E-state index in [-0.39, 0.29) is 0 Å². The highest BCUT2D eigenvalue weighted by Crippen LogP contribution is 2.44. The van der Waals surface area contributed by atoms with Crippen LogP contribution in [0.25, 0.3) is 0 Å². The number of halogens is 2. The normalized spacial score (nSPS) is 17.6. The molecule has 0 spiro atoms. The summed E-state index contributed by atoms with van der Waals surface area (Å²) in [7, 11) is -5.67. The number of aliphatic hydroxyl groups is 3. The quantitative estimate of drug-likeness (QED) is 0.311. The van der Waals surface area contributed by atoms with Gasteiger partial charge in [0.2, 0.25) is 0 Å². The van der Waals surface area contributed by atoms with Crippen molar-refractivity contribution in [2.45, 2.75) is 102 Å². The molecule has 0 aromatic rings. The lowest BCUT2D eigenvalue weighted by Gasteiger charge is -2.49. The number of hydrogen-bond donors (Lipinski definition) is 3. The van der Waals surface area contributed by atoms with Gasteiger partial charge in [-0.05, 0) is 36.3 Å². The van der Waals surface area contributed by atoms with Gasteiger partial charge in [-0.3, -0.25) is 4.79 Å². The molecule has 0 aromatic carbocycles. The van der Waals surface area contributed by atoms with Gasteiger partial charge in [0, 0.05) is 0 Å². The predicted molar refractivity (Wildman–Crippen MR) is 105 cm³/mol. The van der Waals surface area contributed by atoms with E-state index >= 15 is 0 Å². The molecule has 0 radical (unpaired) electrons. The van der Waals surface area contributed by atoms with E-state index in [2.05, 4.69) is 0 Å². The highest BCUT2D eigenvalue weighted by Gasteiger charge is 2.58. The summed E-state index contributed by atoms with van der Waals surface area (Å²) < 4.78 is 38.9. The SMILES string of the molecule is CC(C)(C)[Si](C)(C)OC(O)(O[Si](C)(C)C(C)(C)C)[C@@H](O)[C@@H](O)C(F)(F)C=O. The standard InChI is InChI=1S/C17H36F2O6Si2/c1-14(2,3)26(7,8)24-17(23,25-27(9,10)15(4,5)6)13(22)12(21)16(18,19)11-20/h11-13,21-23H,1-10H3/t12-,13+/m1/s1. The van der Waals surface area contributed by atoms with E-state index in [1.165, 1.54) is 0 Å². The first-order chi connectivity index (χ1) is 11.5. The molecule has 0 saturated carbocycles. The molecule has 0 rings (SSSR count). The second kappa shape index (κ2) is 7.88. The molecule has 0 aliphatic heterocycles. The first-order valence-electron chi connectivity index (χ1n) is 8.87. The maximum Gasteiger partial charge on any atom is 0.330 e. The molecule has 0 fully saturated rings. The number of carbonyl (C=O) groups is 1. The maximum atomic E-state index is 13.7. The Balaban J connectivity index is 6.22. The molecule has 10 heteroatoms. The summed E-state index contributed by atoms with van der Waals surface area (Å²) in [6, 6.07) is 0. The van der Waals surface area contributed by atoms with Crippen LogP contribution in [0, 0.1) is 0 Å². The molecule has 0 heterocycles. The molecule has 0 unspecified atom stereocenters. The lowest BCUT2D eigenvalue weighted by molar-refractivity contribution is -0.355. The fourth-order valence-corrected chi connectivity index (χ4v) is 4.14. The fraction of sp³-hybridized carbons (Fsp3) is 0.941. The van der Waals surface area contributed by atoms with Crippen LogP contribution in [0.2, 0.25) is 36.3 Å². The monoisotopic (exact) mass is 430 g/mol. The van der Waals surface area contributed by atoms with Gasteiger partial charge in [-0.1, -0.05) is 41.5 Å². The molecule has 162 valence electrons. The van der Waals surface area contributed by atoms with Crippen molar-refractivity contribution in [2.24, 2.45) is 0 Å². The van der Waals surface area contributed by atoms with Crippen molar-refractivity contribution >= 4 is 22.9 Å². The first kappa shape index (κ1) is 26.8. The highest BCUT2D eigenvalue weighted by atomic mass is 28.4. The van der Waals surface area contributed by atoms with Crippen LogP contribution in [0.3, 0.4) is 0 Å². The number of hydrogen-bond acceptors (Lipinski definition) is 6. The van der Waals surface area contributed by atoms with Crippen molar-refractivity contribution in [1.29, 1.82) is 0 Å². The molecule has 0 amide bonds. The largest absolute Gasteiger partial charge is 0.383 e. The number of aldehydes is 1. The molecule has 0 aliphatic rings. The minimum Gasteiger partial charge on any atom is -0.383 e. The summed E-state index contributed by atoms with van der Waals surface area (Å²) in [5.41, 5.74) is 0. The van der Waals surface area contributed by atoms with E-state index in [4.69, 9.17) is 8.85 Å². The number of aliphatic hydroxyl groups excluding tert-OH is 2. The van der Waals surface area contributed by atoms with E-state index in [1.54, 1.807) is 26.2 Å². The zero-order chi connectivity index (χ0) is 22.3. The van der Waals surface area contributed by atoms with Crippen LogP contribution in [-0.4, -0.2) is 62.3 Å². The van der Waals surface area contributed by atoms with Gasteiger partial charge in [0.25, 0.3) is 5.97 Å². The highest BCUT2D eigenvalue weighted by molar-refractivity contribution is 6.75. The summed E-state index contributed by atoms with van der Waals surface area (Å²) in [5, 5.41) is 30.5. The molecule has 0 saturated heterocycles. The summed E-state index contributed by atoms with van der Waals surface area (Å²) >= 11 is 0. The number of alkyl halides is 2. The molecular weight excluding hydrogens is 394 g/mol. The Hall–Kier alpha value is -0.236. The molecule has 0 aliphatic carbocycles. The van der Waals surface area contributed by atoms with Gasteiger partial charge in [-0.25, -0.2) is 0 Å². The fourth-order valence-electron chi connectivity index (χ4n) is 1.66. The minimum atomic E-state index is -4.28. The Morgan fingerprint density at radius 2 is 1.11 bits per heavy atom. The van der Waals surface area contributed by atoms with Crippen molar-refractivity contribution in [2.75, 3.05) is 0 Å². The topological polar surface area (TPSA) is 96.2 Å². The Morgan fingerprint density at radius 1 is 0.815 bits per heavy atom. The van der Waals surface area contributed by atoms with Crippen molar-refractivity contribution in [3.8, 4) is 0 Å². The summed E-state index contributed by atoms with van der Waals surface area (Å²) in [6.45, 7) is 18.1. The Kier molecular flexibility index (Phi) is 7.82. The summed E-state index contributed by atoms with van der Waals surface area (Å²) in [4.78, 5) is 10.6. The molecular formula is C17H36F2O6Si2. The third-order valence-corrected chi connectivity index (χ3v) is 14.5. The zero-order valence-electron chi connectivity index (χ0n) is 18.1. The van der Waals surface area contributed by atoms with Gasteiger partial charge in [0.15, 0.2) is 35.1 Å². The predicted octanol–water partition coefficient (Wildman–Crippen LogP) is 3.23. The van der Waals surface area contributed by atoms with E-state index < -0.39 is 57.1 Å². The van der Waals surface area contributed by atoms with Gasteiger partial charge in [-0.2, -0.15) is 8.78 Å². The molecule has 6 nitrogen and oxygen atoms in total. The van der Waals surface area contributed by atoms with E-state index in [0.29, 0.717) is 0 Å². The Bertz CT molecular complexity index is 498. The average molecular weight is 431 g/mol. The Morgan fingerprint density at radius 3 is 1.33 bits per heavy atom. The van der Waals surface area contributed by atoms with E-state index in [0.717, 1.165) is 0 Å². The van der Waals surface area contributed by atoms with Crippen molar-refractivity contribution < 1.29 is 37.7 Å². The molecule has 27 heavy (non-hydrogen) atoms. The van der Waals surface area contributed by atoms with Crippen LogP contribution in [0.4, 0.5) is 8.78 Å². The summed E-state index contributed by atoms with van der Waals surface area (Å²) in [5.74, 6) is -7.17. The van der Waals surface area contributed by atoms with Crippen LogP contribution in [0.15, 0.2) is 0 Å². The van der Waals surface area contributed by atoms with Crippen molar-refractivity contribution in [3.05, 3.63) is 0 Å². The van der Waals surface area contributed by atoms with Gasteiger partial charge < -0.3 is 24.2 Å². The van der Waals surface area contributed by atoms with Gasteiger partial charge >= 0.3 is 5.92 Å². The molecule has 0 bridgehead atoms. The third-order valence-electron chi connectivity index (χ3n) is 5.64. The summed E-state index contributed by atoms with van der Waals surface area (Å²) in [6.07, 6.45) is -6.23. The molecule has 2 atom stereocenters.